The van der Waals surface area contributed by atoms with Crippen molar-refractivity contribution in [3.63, 3.8) is 0 Å². The van der Waals surface area contributed by atoms with Gasteiger partial charge in [0.2, 0.25) is 0 Å². The highest BCUT2D eigenvalue weighted by molar-refractivity contribution is 7.86. The average Bonchev–Trinajstić information content (AvgIpc) is 2.93. The molecule has 0 unspecified atom stereocenters. The molecule has 1 aromatic rings. The van der Waals surface area contributed by atoms with Gasteiger partial charge in [-0.15, -0.1) is 0 Å². The Morgan fingerprint density at radius 2 is 1.64 bits per heavy atom. The van der Waals surface area contributed by atoms with Gasteiger partial charge in [-0.05, 0) is 39.7 Å². The maximum absolute atomic E-state index is 12.9. The monoisotopic (exact) mass is 369 g/mol. The SMILES string of the molecule is CC(C)n1ccnc1CN1CCCN(S(=O)(=O)N2CCCCC2)CC1. The lowest BCUT2D eigenvalue weighted by Gasteiger charge is -2.31. The van der Waals surface area contributed by atoms with Crippen LogP contribution >= 0.6 is 0 Å². The Hall–Kier alpha value is -0.960. The molecule has 0 aromatic carbocycles. The molecule has 2 fully saturated rings. The molecule has 0 atom stereocenters. The molecule has 0 spiro atoms. The maximum Gasteiger partial charge on any atom is 0.282 e. The van der Waals surface area contributed by atoms with E-state index in [0.717, 1.165) is 51.1 Å². The summed E-state index contributed by atoms with van der Waals surface area (Å²) in [6.45, 7) is 9.30. The van der Waals surface area contributed by atoms with Crippen molar-refractivity contribution in [2.45, 2.75) is 52.1 Å². The van der Waals surface area contributed by atoms with E-state index in [1.54, 1.807) is 8.61 Å². The molecule has 0 radical (unpaired) electrons. The van der Waals surface area contributed by atoms with Crippen molar-refractivity contribution in [2.75, 3.05) is 39.3 Å². The normalized spacial score (nSPS) is 22.4. The number of aromatic nitrogens is 2. The number of rotatable bonds is 5. The first kappa shape index (κ1) is 18.8. The van der Waals surface area contributed by atoms with Crippen LogP contribution in [0.2, 0.25) is 0 Å². The minimum absolute atomic E-state index is 0.389. The molecule has 25 heavy (non-hydrogen) atoms. The Bertz CT molecular complexity index is 652. The topological polar surface area (TPSA) is 61.7 Å². The van der Waals surface area contributed by atoms with Gasteiger partial charge in [-0.25, -0.2) is 4.98 Å². The molecule has 142 valence electrons. The highest BCUT2D eigenvalue weighted by atomic mass is 32.2. The predicted octanol–water partition coefficient (Wildman–Crippen LogP) is 1.70. The van der Waals surface area contributed by atoms with Gasteiger partial charge >= 0.3 is 0 Å². The summed E-state index contributed by atoms with van der Waals surface area (Å²) in [5.41, 5.74) is 0. The Morgan fingerprint density at radius 3 is 2.36 bits per heavy atom. The van der Waals surface area contributed by atoms with E-state index in [9.17, 15) is 8.42 Å². The summed E-state index contributed by atoms with van der Waals surface area (Å²) < 4.78 is 31.3. The fourth-order valence-corrected chi connectivity index (χ4v) is 5.45. The summed E-state index contributed by atoms with van der Waals surface area (Å²) in [6.07, 6.45) is 7.84. The average molecular weight is 370 g/mol. The first-order chi connectivity index (χ1) is 12.0. The smallest absolute Gasteiger partial charge is 0.282 e. The molecular formula is C17H31N5O2S. The third-order valence-corrected chi connectivity index (χ3v) is 7.22. The van der Waals surface area contributed by atoms with E-state index in [4.69, 9.17) is 0 Å². The number of hydrogen-bond acceptors (Lipinski definition) is 4. The number of nitrogens with zero attached hydrogens (tertiary/aromatic N) is 5. The molecule has 0 N–H and O–H groups in total. The quantitative estimate of drug-likeness (QED) is 0.793. The molecule has 0 bridgehead atoms. The molecule has 1 aromatic heterocycles. The predicted molar refractivity (Wildman–Crippen MR) is 98.4 cm³/mol. The maximum atomic E-state index is 12.9. The molecule has 7 nitrogen and oxygen atoms in total. The van der Waals surface area contributed by atoms with Crippen LogP contribution in [0.25, 0.3) is 0 Å². The van der Waals surface area contributed by atoms with Crippen LogP contribution in [0.5, 0.6) is 0 Å². The molecule has 0 aliphatic carbocycles. The van der Waals surface area contributed by atoms with E-state index in [1.165, 1.54) is 0 Å². The zero-order valence-corrected chi connectivity index (χ0v) is 16.3. The van der Waals surface area contributed by atoms with Gasteiger partial charge in [0.1, 0.15) is 5.82 Å². The Balaban J connectivity index is 1.61. The zero-order chi connectivity index (χ0) is 17.9. The molecule has 2 saturated heterocycles. The van der Waals surface area contributed by atoms with Gasteiger partial charge in [0.15, 0.2) is 0 Å². The van der Waals surface area contributed by atoms with Crippen LogP contribution in [0, 0.1) is 0 Å². The summed E-state index contributed by atoms with van der Waals surface area (Å²) in [7, 11) is -3.30. The van der Waals surface area contributed by atoms with Gasteiger partial charge < -0.3 is 4.57 Å². The lowest BCUT2D eigenvalue weighted by molar-refractivity contribution is 0.261. The Kier molecular flexibility index (Phi) is 6.14. The molecular weight excluding hydrogens is 338 g/mol. The largest absolute Gasteiger partial charge is 0.331 e. The van der Waals surface area contributed by atoms with E-state index in [2.05, 4.69) is 28.3 Å². The minimum atomic E-state index is -3.30. The van der Waals surface area contributed by atoms with Gasteiger partial charge in [0, 0.05) is 51.2 Å². The van der Waals surface area contributed by atoms with Crippen LogP contribution in [0.4, 0.5) is 0 Å². The van der Waals surface area contributed by atoms with Gasteiger partial charge in [0.05, 0.1) is 6.54 Å². The lowest BCUT2D eigenvalue weighted by Crippen LogP contribution is -2.47. The van der Waals surface area contributed by atoms with E-state index < -0.39 is 10.2 Å². The first-order valence-corrected chi connectivity index (χ1v) is 10.9. The number of imidazole rings is 1. The third-order valence-electron chi connectivity index (χ3n) is 5.19. The summed E-state index contributed by atoms with van der Waals surface area (Å²) in [5, 5.41) is 0. The fourth-order valence-electron chi connectivity index (χ4n) is 3.73. The summed E-state index contributed by atoms with van der Waals surface area (Å²) in [5.74, 6) is 1.06. The number of hydrogen-bond donors (Lipinski definition) is 0. The van der Waals surface area contributed by atoms with Crippen molar-refractivity contribution >= 4 is 10.2 Å². The van der Waals surface area contributed by atoms with Crippen molar-refractivity contribution in [3.05, 3.63) is 18.2 Å². The van der Waals surface area contributed by atoms with Crippen molar-refractivity contribution in [3.8, 4) is 0 Å². The summed E-state index contributed by atoms with van der Waals surface area (Å²) >= 11 is 0. The molecule has 2 aliphatic rings. The van der Waals surface area contributed by atoms with Gasteiger partial charge in [-0.1, -0.05) is 6.42 Å². The zero-order valence-electron chi connectivity index (χ0n) is 15.5. The minimum Gasteiger partial charge on any atom is -0.331 e. The molecule has 3 rings (SSSR count). The highest BCUT2D eigenvalue weighted by Gasteiger charge is 2.31. The van der Waals surface area contributed by atoms with E-state index in [-0.39, 0.29) is 0 Å². The second-order valence-electron chi connectivity index (χ2n) is 7.34. The standard InChI is InChI=1S/C17H31N5O2S/c1-16(2)22-12-7-18-17(22)15-19-8-6-11-21(14-13-19)25(23,24)20-9-4-3-5-10-20/h7,12,16H,3-6,8-11,13-15H2,1-2H3. The molecule has 0 saturated carbocycles. The van der Waals surface area contributed by atoms with Crippen molar-refractivity contribution in [1.82, 2.24) is 23.1 Å². The van der Waals surface area contributed by atoms with E-state index >= 15 is 0 Å². The van der Waals surface area contributed by atoms with E-state index in [0.29, 0.717) is 32.2 Å². The van der Waals surface area contributed by atoms with Crippen molar-refractivity contribution in [1.29, 1.82) is 0 Å². The molecule has 0 amide bonds. The van der Waals surface area contributed by atoms with Crippen LogP contribution < -0.4 is 0 Å². The summed E-state index contributed by atoms with van der Waals surface area (Å²) in [6, 6.07) is 0.389. The Morgan fingerprint density at radius 1 is 0.960 bits per heavy atom. The van der Waals surface area contributed by atoms with E-state index in [1.807, 2.05) is 12.4 Å². The number of piperidine rings is 1. The third kappa shape index (κ3) is 4.42. The van der Waals surface area contributed by atoms with Crippen LogP contribution in [-0.2, 0) is 16.8 Å². The first-order valence-electron chi connectivity index (χ1n) is 9.48. The molecule has 8 heteroatoms. The Labute approximate surface area is 151 Å². The molecule has 3 heterocycles. The van der Waals surface area contributed by atoms with Gasteiger partial charge in [-0.2, -0.15) is 17.0 Å². The van der Waals surface area contributed by atoms with Gasteiger partial charge in [-0.3, -0.25) is 4.90 Å². The van der Waals surface area contributed by atoms with Crippen LogP contribution in [0.3, 0.4) is 0 Å². The van der Waals surface area contributed by atoms with Crippen LogP contribution in [-0.4, -0.2) is 70.7 Å². The second-order valence-corrected chi connectivity index (χ2v) is 9.27. The second kappa shape index (κ2) is 8.16. The van der Waals surface area contributed by atoms with Crippen LogP contribution in [0.15, 0.2) is 12.4 Å². The summed E-state index contributed by atoms with van der Waals surface area (Å²) in [4.78, 5) is 6.81. The van der Waals surface area contributed by atoms with Gasteiger partial charge in [0.25, 0.3) is 10.2 Å². The highest BCUT2D eigenvalue weighted by Crippen LogP contribution is 2.19. The lowest BCUT2D eigenvalue weighted by atomic mass is 10.2. The fraction of sp³-hybridized carbons (Fsp3) is 0.824. The molecule has 2 aliphatic heterocycles. The van der Waals surface area contributed by atoms with Crippen molar-refractivity contribution < 1.29 is 8.42 Å². The van der Waals surface area contributed by atoms with Crippen LogP contribution in [0.1, 0.15) is 51.4 Å². The van der Waals surface area contributed by atoms with Crippen molar-refractivity contribution in [2.24, 2.45) is 0 Å².